The van der Waals surface area contributed by atoms with Gasteiger partial charge in [-0.3, -0.25) is 0 Å². The van der Waals surface area contributed by atoms with E-state index in [1.165, 1.54) is 0 Å². The zero-order chi connectivity index (χ0) is 11.9. The van der Waals surface area contributed by atoms with Crippen LogP contribution < -0.4 is 0 Å². The Balaban J connectivity index is 3.94. The van der Waals surface area contributed by atoms with E-state index >= 15 is 0 Å². The lowest BCUT2D eigenvalue weighted by Gasteiger charge is -2.15. The standard InChI is InChI=1S/C10H21ClO3S/c1-4-5-10(8-15(11,12)13)7-14-6-9(2)3/h9-10H,4-8H2,1-3H3. The monoisotopic (exact) mass is 256 g/mol. The van der Waals surface area contributed by atoms with Gasteiger partial charge >= 0.3 is 0 Å². The van der Waals surface area contributed by atoms with Crippen LogP contribution in [0.4, 0.5) is 0 Å². The van der Waals surface area contributed by atoms with E-state index in [1.54, 1.807) is 0 Å². The topological polar surface area (TPSA) is 43.4 Å². The van der Waals surface area contributed by atoms with Crippen molar-refractivity contribution in [1.82, 2.24) is 0 Å². The predicted molar refractivity (Wildman–Crippen MR) is 63.7 cm³/mol. The summed E-state index contributed by atoms with van der Waals surface area (Å²) >= 11 is 0. The van der Waals surface area contributed by atoms with Gasteiger partial charge in [-0.15, -0.1) is 0 Å². The first-order valence-corrected chi connectivity index (χ1v) is 7.83. The maximum Gasteiger partial charge on any atom is 0.232 e. The Kier molecular flexibility index (Phi) is 7.57. The molecule has 0 spiro atoms. The third kappa shape index (κ3) is 10.5. The minimum atomic E-state index is -3.40. The summed E-state index contributed by atoms with van der Waals surface area (Å²) in [7, 11) is 1.82. The van der Waals surface area contributed by atoms with E-state index < -0.39 is 9.05 Å². The summed E-state index contributed by atoms with van der Waals surface area (Å²) in [6.07, 6.45) is 1.78. The summed E-state index contributed by atoms with van der Waals surface area (Å²) in [5.74, 6) is 0.511. The van der Waals surface area contributed by atoms with Crippen molar-refractivity contribution in [2.75, 3.05) is 19.0 Å². The zero-order valence-electron chi connectivity index (χ0n) is 9.70. The van der Waals surface area contributed by atoms with Crippen LogP contribution in [0.2, 0.25) is 0 Å². The van der Waals surface area contributed by atoms with Crippen LogP contribution in [0.15, 0.2) is 0 Å². The zero-order valence-corrected chi connectivity index (χ0v) is 11.3. The molecule has 92 valence electrons. The lowest BCUT2D eigenvalue weighted by molar-refractivity contribution is 0.0825. The molecule has 0 saturated carbocycles. The number of hydrogen-bond donors (Lipinski definition) is 0. The van der Waals surface area contributed by atoms with Gasteiger partial charge in [0, 0.05) is 17.3 Å². The SMILES string of the molecule is CCCC(COCC(C)C)CS(=O)(=O)Cl. The van der Waals surface area contributed by atoms with E-state index in [4.69, 9.17) is 15.4 Å². The average molecular weight is 257 g/mol. The molecule has 0 heterocycles. The van der Waals surface area contributed by atoms with Crippen molar-refractivity contribution in [3.05, 3.63) is 0 Å². The maximum absolute atomic E-state index is 10.9. The minimum absolute atomic E-state index is 0.0144. The minimum Gasteiger partial charge on any atom is -0.381 e. The molecule has 0 saturated heterocycles. The molecular formula is C10H21ClO3S. The Bertz CT molecular complexity index is 249. The highest BCUT2D eigenvalue weighted by Gasteiger charge is 2.16. The molecule has 0 aromatic heterocycles. The van der Waals surface area contributed by atoms with Crippen LogP contribution in [-0.2, 0) is 13.8 Å². The Labute approximate surface area is 97.6 Å². The number of halogens is 1. The largest absolute Gasteiger partial charge is 0.381 e. The smallest absolute Gasteiger partial charge is 0.232 e. The molecule has 5 heteroatoms. The van der Waals surface area contributed by atoms with E-state index in [1.807, 2.05) is 6.92 Å². The van der Waals surface area contributed by atoms with Crippen molar-refractivity contribution in [2.45, 2.75) is 33.6 Å². The lowest BCUT2D eigenvalue weighted by atomic mass is 10.1. The van der Waals surface area contributed by atoms with Crippen LogP contribution in [0.1, 0.15) is 33.6 Å². The summed E-state index contributed by atoms with van der Waals surface area (Å²) < 4.78 is 27.3. The van der Waals surface area contributed by atoms with Gasteiger partial charge in [0.15, 0.2) is 0 Å². The molecule has 0 fully saturated rings. The fraction of sp³-hybridized carbons (Fsp3) is 1.00. The van der Waals surface area contributed by atoms with E-state index in [-0.39, 0.29) is 11.7 Å². The first-order valence-electron chi connectivity index (χ1n) is 5.35. The molecule has 0 N–H and O–H groups in total. The summed E-state index contributed by atoms with van der Waals surface area (Å²) in [6.45, 7) is 7.30. The van der Waals surface area contributed by atoms with Gasteiger partial charge in [-0.1, -0.05) is 27.2 Å². The second-order valence-corrected chi connectivity index (χ2v) is 7.11. The molecule has 0 aliphatic carbocycles. The van der Waals surface area contributed by atoms with Crippen molar-refractivity contribution in [3.8, 4) is 0 Å². The van der Waals surface area contributed by atoms with E-state index in [9.17, 15) is 8.42 Å². The van der Waals surface area contributed by atoms with Gasteiger partial charge in [0.1, 0.15) is 0 Å². The highest BCUT2D eigenvalue weighted by Crippen LogP contribution is 2.13. The van der Waals surface area contributed by atoms with Crippen LogP contribution in [0.3, 0.4) is 0 Å². The van der Waals surface area contributed by atoms with E-state index in [0.29, 0.717) is 19.1 Å². The number of hydrogen-bond acceptors (Lipinski definition) is 3. The fourth-order valence-electron chi connectivity index (χ4n) is 1.37. The van der Waals surface area contributed by atoms with Gasteiger partial charge in [-0.2, -0.15) is 0 Å². The summed E-state index contributed by atoms with van der Waals surface area (Å²) in [6, 6.07) is 0. The molecule has 15 heavy (non-hydrogen) atoms. The van der Waals surface area contributed by atoms with E-state index in [0.717, 1.165) is 12.8 Å². The lowest BCUT2D eigenvalue weighted by Crippen LogP contribution is -2.19. The average Bonchev–Trinajstić information content (AvgIpc) is 2.00. The predicted octanol–water partition coefficient (Wildman–Crippen LogP) is 2.64. The van der Waals surface area contributed by atoms with Gasteiger partial charge in [0.05, 0.1) is 12.4 Å². The highest BCUT2D eigenvalue weighted by atomic mass is 35.7. The fourth-order valence-corrected chi connectivity index (χ4v) is 2.74. The highest BCUT2D eigenvalue weighted by molar-refractivity contribution is 8.13. The van der Waals surface area contributed by atoms with Crippen LogP contribution >= 0.6 is 10.7 Å². The summed E-state index contributed by atoms with van der Waals surface area (Å²) in [5.41, 5.74) is 0. The van der Waals surface area contributed by atoms with Gasteiger partial charge in [-0.25, -0.2) is 8.42 Å². The molecule has 0 radical (unpaired) electrons. The normalized spacial score (nSPS) is 14.5. The Morgan fingerprint density at radius 1 is 1.27 bits per heavy atom. The van der Waals surface area contributed by atoms with Gasteiger partial charge in [0.25, 0.3) is 0 Å². The molecule has 0 rings (SSSR count). The number of rotatable bonds is 8. The Hall–Kier alpha value is 0.200. The van der Waals surface area contributed by atoms with Gasteiger partial charge < -0.3 is 4.74 Å². The molecule has 0 bridgehead atoms. The van der Waals surface area contributed by atoms with Crippen LogP contribution in [0.25, 0.3) is 0 Å². The van der Waals surface area contributed by atoms with Crippen molar-refractivity contribution < 1.29 is 13.2 Å². The molecule has 0 amide bonds. The Morgan fingerprint density at radius 3 is 2.27 bits per heavy atom. The maximum atomic E-state index is 10.9. The van der Waals surface area contributed by atoms with Crippen molar-refractivity contribution in [1.29, 1.82) is 0 Å². The summed E-state index contributed by atoms with van der Waals surface area (Å²) in [4.78, 5) is 0. The second-order valence-electron chi connectivity index (χ2n) is 4.29. The molecule has 1 unspecified atom stereocenters. The van der Waals surface area contributed by atoms with Crippen LogP contribution in [0, 0.1) is 11.8 Å². The van der Waals surface area contributed by atoms with Gasteiger partial charge in [0.2, 0.25) is 9.05 Å². The molecule has 3 nitrogen and oxygen atoms in total. The third-order valence-electron chi connectivity index (χ3n) is 1.94. The van der Waals surface area contributed by atoms with Crippen molar-refractivity contribution in [2.24, 2.45) is 11.8 Å². The molecule has 0 aromatic rings. The molecule has 0 aliphatic heterocycles. The van der Waals surface area contributed by atoms with Crippen molar-refractivity contribution in [3.63, 3.8) is 0 Å². The summed E-state index contributed by atoms with van der Waals surface area (Å²) in [5, 5.41) is 0. The number of ether oxygens (including phenoxy) is 1. The first kappa shape index (κ1) is 15.2. The molecule has 0 aromatic carbocycles. The van der Waals surface area contributed by atoms with Crippen molar-refractivity contribution >= 4 is 19.7 Å². The van der Waals surface area contributed by atoms with Crippen LogP contribution in [0.5, 0.6) is 0 Å². The van der Waals surface area contributed by atoms with E-state index in [2.05, 4.69) is 13.8 Å². The van der Waals surface area contributed by atoms with Gasteiger partial charge in [-0.05, 0) is 18.3 Å². The quantitative estimate of drug-likeness (QED) is 0.627. The third-order valence-corrected chi connectivity index (χ3v) is 3.18. The Morgan fingerprint density at radius 2 is 1.87 bits per heavy atom. The molecule has 0 aliphatic rings. The van der Waals surface area contributed by atoms with Crippen LogP contribution in [-0.4, -0.2) is 27.4 Å². The molecular weight excluding hydrogens is 236 g/mol. The molecule has 1 atom stereocenters. The second kappa shape index (κ2) is 7.47. The first-order chi connectivity index (χ1) is 6.85.